The molecule has 2 aromatic carbocycles. The maximum absolute atomic E-state index is 12.5. The normalized spacial score (nSPS) is 11.2. The van der Waals surface area contributed by atoms with E-state index in [1.807, 2.05) is 4.72 Å². The van der Waals surface area contributed by atoms with Gasteiger partial charge in [-0.25, -0.2) is 17.8 Å². The van der Waals surface area contributed by atoms with Crippen LogP contribution in [0, 0.1) is 0 Å². The molecule has 27 heavy (non-hydrogen) atoms. The molecule has 0 aliphatic carbocycles. The Morgan fingerprint density at radius 2 is 1.81 bits per heavy atom. The lowest BCUT2D eigenvalue weighted by atomic mass is 10.3. The average Bonchev–Trinajstić information content (AvgIpc) is 3.11. The third-order valence-electron chi connectivity index (χ3n) is 3.42. The van der Waals surface area contributed by atoms with Crippen LogP contribution in [0.1, 0.15) is 10.5 Å². The largest absolute Gasteiger partial charge is 0.495 e. The topological polar surface area (TPSA) is 103 Å². The van der Waals surface area contributed by atoms with Crippen molar-refractivity contribution in [2.24, 2.45) is 0 Å². The molecule has 0 aliphatic heterocycles. The molecule has 1 aromatic heterocycles. The van der Waals surface area contributed by atoms with E-state index in [9.17, 15) is 13.2 Å². The lowest BCUT2D eigenvalue weighted by Gasteiger charge is -2.09. The van der Waals surface area contributed by atoms with Gasteiger partial charge in [-0.15, -0.1) is 5.10 Å². The third kappa shape index (κ3) is 4.21. The Morgan fingerprint density at radius 3 is 2.48 bits per heavy atom. The van der Waals surface area contributed by atoms with E-state index < -0.39 is 15.9 Å². The van der Waals surface area contributed by atoms with Crippen LogP contribution in [0.2, 0.25) is 10.0 Å². The third-order valence-corrected chi connectivity index (χ3v) is 5.23. The van der Waals surface area contributed by atoms with Gasteiger partial charge >= 0.3 is 0 Å². The first kappa shape index (κ1) is 19.2. The number of sulfonamides is 1. The number of hydrogen-bond donors (Lipinski definition) is 1. The average molecular weight is 427 g/mol. The summed E-state index contributed by atoms with van der Waals surface area (Å²) in [5, 5.41) is 8.23. The summed E-state index contributed by atoms with van der Waals surface area (Å²) in [5.74, 6) is -0.838. The Bertz CT molecular complexity index is 1090. The molecule has 0 aliphatic rings. The molecule has 11 heteroatoms. The van der Waals surface area contributed by atoms with Crippen LogP contribution in [0.4, 0.5) is 0 Å². The first-order valence-electron chi connectivity index (χ1n) is 7.39. The molecule has 3 aromatic rings. The lowest BCUT2D eigenvalue weighted by molar-refractivity contribution is 0.0976. The predicted octanol–water partition coefficient (Wildman–Crippen LogP) is 2.70. The Hall–Kier alpha value is -2.62. The molecule has 0 radical (unpaired) electrons. The summed E-state index contributed by atoms with van der Waals surface area (Å²) in [6, 6.07) is 10.6. The van der Waals surface area contributed by atoms with Gasteiger partial charge < -0.3 is 4.74 Å². The van der Waals surface area contributed by atoms with Crippen molar-refractivity contribution >= 4 is 39.1 Å². The molecule has 0 bridgehead atoms. The van der Waals surface area contributed by atoms with Gasteiger partial charge in [-0.2, -0.15) is 0 Å². The van der Waals surface area contributed by atoms with Crippen LogP contribution in [0.25, 0.3) is 5.69 Å². The van der Waals surface area contributed by atoms with E-state index >= 15 is 0 Å². The minimum Gasteiger partial charge on any atom is -0.495 e. The molecule has 0 atom stereocenters. The van der Waals surface area contributed by atoms with Crippen molar-refractivity contribution in [3.05, 3.63) is 64.4 Å². The number of benzene rings is 2. The van der Waals surface area contributed by atoms with Crippen LogP contribution in [-0.2, 0) is 10.0 Å². The van der Waals surface area contributed by atoms with Crippen LogP contribution in [0.15, 0.2) is 53.6 Å². The first-order valence-corrected chi connectivity index (χ1v) is 9.63. The van der Waals surface area contributed by atoms with E-state index in [4.69, 9.17) is 27.9 Å². The molecule has 1 heterocycles. The number of ether oxygens (including phenoxy) is 1. The van der Waals surface area contributed by atoms with Gasteiger partial charge in [0.15, 0.2) is 5.69 Å². The van der Waals surface area contributed by atoms with Crippen LogP contribution < -0.4 is 9.46 Å². The number of nitrogens with zero attached hydrogens (tertiary/aromatic N) is 3. The molecule has 0 spiro atoms. The Labute approximate surface area is 164 Å². The summed E-state index contributed by atoms with van der Waals surface area (Å²) >= 11 is 11.9. The second-order valence-electron chi connectivity index (χ2n) is 5.26. The highest BCUT2D eigenvalue weighted by atomic mass is 35.5. The van der Waals surface area contributed by atoms with Crippen molar-refractivity contribution in [1.82, 2.24) is 19.7 Å². The van der Waals surface area contributed by atoms with Crippen LogP contribution in [-0.4, -0.2) is 36.4 Å². The zero-order valence-electron chi connectivity index (χ0n) is 13.8. The zero-order chi connectivity index (χ0) is 19.6. The fraction of sp³-hybridized carbons (Fsp3) is 0.0625. The number of halogens is 2. The van der Waals surface area contributed by atoms with Crippen molar-refractivity contribution in [3.63, 3.8) is 0 Å². The van der Waals surface area contributed by atoms with Gasteiger partial charge in [-0.3, -0.25) is 4.79 Å². The highest BCUT2D eigenvalue weighted by molar-refractivity contribution is 7.90. The minimum absolute atomic E-state index is 0.107. The van der Waals surface area contributed by atoms with Crippen LogP contribution in [0.5, 0.6) is 5.75 Å². The quantitative estimate of drug-likeness (QED) is 0.672. The summed E-state index contributed by atoms with van der Waals surface area (Å²) in [6.07, 6.45) is 1.26. The standard InChI is InChI=1S/C16H12Cl2N4O4S/c1-26-14-4-2-3-5-15(14)27(24,25)20-16(23)13-9-22(21-19-13)12-7-10(17)6-11(18)8-12/h2-9H,1H3,(H,20,23). The molecule has 3 rings (SSSR count). The van der Waals surface area contributed by atoms with Gasteiger partial charge in [0.05, 0.1) is 19.0 Å². The van der Waals surface area contributed by atoms with E-state index in [1.165, 1.54) is 42.3 Å². The van der Waals surface area contributed by atoms with Crippen molar-refractivity contribution in [1.29, 1.82) is 0 Å². The van der Waals surface area contributed by atoms with Gasteiger partial charge in [0.2, 0.25) is 0 Å². The van der Waals surface area contributed by atoms with Gasteiger partial charge in [0, 0.05) is 10.0 Å². The maximum atomic E-state index is 12.5. The molecule has 0 saturated carbocycles. The highest BCUT2D eigenvalue weighted by Crippen LogP contribution is 2.23. The van der Waals surface area contributed by atoms with Crippen LogP contribution >= 0.6 is 23.2 Å². The molecule has 1 N–H and O–H groups in total. The monoisotopic (exact) mass is 426 g/mol. The fourth-order valence-electron chi connectivity index (χ4n) is 2.24. The molecule has 0 fully saturated rings. The number of nitrogens with one attached hydrogen (secondary N) is 1. The summed E-state index contributed by atoms with van der Waals surface area (Å²) in [6.45, 7) is 0. The molecule has 0 saturated heterocycles. The fourth-order valence-corrected chi connectivity index (χ4v) is 3.88. The molecular weight excluding hydrogens is 415 g/mol. The Morgan fingerprint density at radius 1 is 1.15 bits per heavy atom. The first-order chi connectivity index (χ1) is 12.8. The summed E-state index contributed by atoms with van der Waals surface area (Å²) in [4.78, 5) is 12.1. The van der Waals surface area contributed by atoms with Gasteiger partial charge in [0.1, 0.15) is 10.6 Å². The zero-order valence-corrected chi connectivity index (χ0v) is 16.1. The number of carbonyl (C=O) groups is 1. The summed E-state index contributed by atoms with van der Waals surface area (Å²) < 4.78 is 33.1. The van der Waals surface area contributed by atoms with E-state index in [0.29, 0.717) is 15.7 Å². The number of para-hydroxylation sites is 1. The van der Waals surface area contributed by atoms with E-state index in [-0.39, 0.29) is 16.3 Å². The molecule has 140 valence electrons. The van der Waals surface area contributed by atoms with Gasteiger partial charge in [-0.05, 0) is 30.3 Å². The second-order valence-corrected chi connectivity index (χ2v) is 7.79. The van der Waals surface area contributed by atoms with Gasteiger partial charge in [-0.1, -0.05) is 40.5 Å². The molecule has 0 unspecified atom stereocenters. The SMILES string of the molecule is COc1ccccc1S(=O)(=O)NC(=O)c1cn(-c2cc(Cl)cc(Cl)c2)nn1. The number of rotatable bonds is 5. The van der Waals surface area contributed by atoms with Gasteiger partial charge in [0.25, 0.3) is 15.9 Å². The lowest BCUT2D eigenvalue weighted by Crippen LogP contribution is -2.31. The Kier molecular flexibility index (Phi) is 5.36. The summed E-state index contributed by atoms with van der Waals surface area (Å²) in [5.41, 5.74) is 0.260. The van der Waals surface area contributed by atoms with Crippen molar-refractivity contribution in [2.45, 2.75) is 4.90 Å². The van der Waals surface area contributed by atoms with Crippen molar-refractivity contribution in [3.8, 4) is 11.4 Å². The predicted molar refractivity (Wildman–Crippen MR) is 99.0 cm³/mol. The van der Waals surface area contributed by atoms with E-state index in [0.717, 1.165) is 0 Å². The number of aromatic nitrogens is 3. The van der Waals surface area contributed by atoms with Crippen molar-refractivity contribution < 1.29 is 17.9 Å². The van der Waals surface area contributed by atoms with Crippen molar-refractivity contribution in [2.75, 3.05) is 7.11 Å². The van der Waals surface area contributed by atoms with E-state index in [2.05, 4.69) is 10.3 Å². The maximum Gasteiger partial charge on any atom is 0.287 e. The van der Waals surface area contributed by atoms with Crippen LogP contribution in [0.3, 0.4) is 0 Å². The molecular formula is C16H12Cl2N4O4S. The minimum atomic E-state index is -4.16. The molecule has 8 nitrogen and oxygen atoms in total. The number of amides is 1. The second kappa shape index (κ2) is 7.55. The highest BCUT2D eigenvalue weighted by Gasteiger charge is 2.24. The number of methoxy groups -OCH3 is 1. The van der Waals surface area contributed by atoms with E-state index in [1.54, 1.807) is 18.2 Å². The Balaban J connectivity index is 1.86. The number of hydrogen-bond acceptors (Lipinski definition) is 6. The number of carbonyl (C=O) groups excluding carboxylic acids is 1. The smallest absolute Gasteiger partial charge is 0.287 e. The molecule has 1 amide bonds. The summed E-state index contributed by atoms with van der Waals surface area (Å²) in [7, 11) is -2.83.